The molecule has 4 aromatic rings. The van der Waals surface area contributed by atoms with Gasteiger partial charge in [0.15, 0.2) is 0 Å². The SMILES string of the molecule is O=C(CCc1nc2ccccc2c(=O)[nH]1)NCC1CC2c3ccccc3C1c1ccccc12. The molecule has 33 heavy (non-hydrogen) atoms. The average Bonchev–Trinajstić information content (AvgIpc) is 2.86. The number of aryl methyl sites for hydroxylation is 1. The summed E-state index contributed by atoms with van der Waals surface area (Å²) in [6, 6.07) is 24.8. The predicted molar refractivity (Wildman–Crippen MR) is 128 cm³/mol. The van der Waals surface area contributed by atoms with Gasteiger partial charge in [-0.3, -0.25) is 9.59 Å². The summed E-state index contributed by atoms with van der Waals surface area (Å²) in [7, 11) is 0. The fourth-order valence-electron chi connectivity index (χ4n) is 5.78. The van der Waals surface area contributed by atoms with Crippen molar-refractivity contribution >= 4 is 16.8 Å². The van der Waals surface area contributed by atoms with Crippen molar-refractivity contribution in [3.8, 4) is 0 Å². The molecule has 5 heteroatoms. The first-order valence-electron chi connectivity index (χ1n) is 11.6. The fraction of sp³-hybridized carbons (Fsp3) is 0.250. The highest BCUT2D eigenvalue weighted by atomic mass is 16.1. The van der Waals surface area contributed by atoms with Crippen molar-refractivity contribution < 1.29 is 4.79 Å². The lowest BCUT2D eigenvalue weighted by atomic mass is 9.59. The van der Waals surface area contributed by atoms with E-state index in [0.717, 1.165) is 6.42 Å². The van der Waals surface area contributed by atoms with Crippen LogP contribution in [0, 0.1) is 5.92 Å². The fourth-order valence-corrected chi connectivity index (χ4v) is 5.78. The van der Waals surface area contributed by atoms with Gasteiger partial charge in [-0.2, -0.15) is 0 Å². The highest BCUT2D eigenvalue weighted by molar-refractivity contribution is 5.78. The number of amides is 1. The maximum Gasteiger partial charge on any atom is 0.258 e. The molecule has 3 aliphatic carbocycles. The number of carbonyl (C=O) groups is 1. The van der Waals surface area contributed by atoms with E-state index < -0.39 is 0 Å². The molecule has 0 fully saturated rings. The van der Waals surface area contributed by atoms with Crippen LogP contribution >= 0.6 is 0 Å². The van der Waals surface area contributed by atoms with Gasteiger partial charge in [0.1, 0.15) is 5.82 Å². The summed E-state index contributed by atoms with van der Waals surface area (Å²) in [5.74, 6) is 1.64. The Morgan fingerprint density at radius 1 is 0.909 bits per heavy atom. The number of hydrogen-bond acceptors (Lipinski definition) is 3. The molecule has 5 nitrogen and oxygen atoms in total. The first-order chi connectivity index (χ1) is 16.2. The molecular formula is C28H25N3O2. The molecule has 164 valence electrons. The zero-order valence-electron chi connectivity index (χ0n) is 18.3. The van der Waals surface area contributed by atoms with E-state index in [4.69, 9.17) is 0 Å². The second kappa shape index (κ2) is 8.00. The van der Waals surface area contributed by atoms with Gasteiger partial charge in [-0.25, -0.2) is 4.98 Å². The lowest BCUT2D eigenvalue weighted by Crippen LogP contribution is -2.39. The predicted octanol–water partition coefficient (Wildman–Crippen LogP) is 4.27. The van der Waals surface area contributed by atoms with Crippen molar-refractivity contribution in [3.63, 3.8) is 0 Å². The van der Waals surface area contributed by atoms with Gasteiger partial charge in [0.2, 0.25) is 5.91 Å². The van der Waals surface area contributed by atoms with Gasteiger partial charge in [0, 0.05) is 31.2 Å². The van der Waals surface area contributed by atoms with Gasteiger partial charge in [-0.15, -0.1) is 0 Å². The molecule has 3 aromatic carbocycles. The number of rotatable bonds is 5. The van der Waals surface area contributed by atoms with E-state index in [0.29, 0.717) is 53.9 Å². The van der Waals surface area contributed by atoms with Crippen molar-refractivity contribution in [2.45, 2.75) is 31.1 Å². The minimum atomic E-state index is -0.161. The molecule has 2 N–H and O–H groups in total. The number of nitrogens with one attached hydrogen (secondary N) is 2. The number of aromatic nitrogens is 2. The largest absolute Gasteiger partial charge is 0.356 e. The normalized spacial score (nSPS) is 20.3. The molecule has 1 aromatic heterocycles. The Kier molecular flexibility index (Phi) is 4.83. The van der Waals surface area contributed by atoms with Crippen LogP contribution in [0.1, 0.15) is 52.8 Å². The van der Waals surface area contributed by atoms with Gasteiger partial charge < -0.3 is 10.3 Å². The van der Waals surface area contributed by atoms with Crippen LogP contribution in [0.3, 0.4) is 0 Å². The van der Waals surface area contributed by atoms with E-state index >= 15 is 0 Å². The maximum absolute atomic E-state index is 12.7. The number of H-pyrrole nitrogens is 1. The van der Waals surface area contributed by atoms with Gasteiger partial charge in [0.05, 0.1) is 10.9 Å². The van der Waals surface area contributed by atoms with E-state index in [1.165, 1.54) is 22.3 Å². The highest BCUT2D eigenvalue weighted by Gasteiger charge is 2.42. The first-order valence-corrected chi connectivity index (χ1v) is 11.6. The van der Waals surface area contributed by atoms with Crippen LogP contribution < -0.4 is 10.9 Å². The van der Waals surface area contributed by atoms with Gasteiger partial charge in [0.25, 0.3) is 5.56 Å². The molecule has 7 rings (SSSR count). The van der Waals surface area contributed by atoms with Crippen LogP contribution in [-0.4, -0.2) is 22.4 Å². The zero-order chi connectivity index (χ0) is 22.4. The van der Waals surface area contributed by atoms with Crippen LogP contribution in [-0.2, 0) is 11.2 Å². The molecule has 1 atom stereocenters. The van der Waals surface area contributed by atoms with Crippen LogP contribution in [0.15, 0.2) is 77.6 Å². The summed E-state index contributed by atoms with van der Waals surface area (Å²) in [6.45, 7) is 0.657. The van der Waals surface area contributed by atoms with E-state index in [9.17, 15) is 9.59 Å². The van der Waals surface area contributed by atoms with Gasteiger partial charge >= 0.3 is 0 Å². The lowest BCUT2D eigenvalue weighted by Gasteiger charge is -2.45. The quantitative estimate of drug-likeness (QED) is 0.492. The molecule has 0 radical (unpaired) electrons. The molecule has 2 bridgehead atoms. The maximum atomic E-state index is 12.7. The Hall–Kier alpha value is -3.73. The second-order valence-corrected chi connectivity index (χ2v) is 9.12. The number of nitrogens with zero attached hydrogens (tertiary/aromatic N) is 1. The zero-order valence-corrected chi connectivity index (χ0v) is 18.3. The van der Waals surface area contributed by atoms with Crippen molar-refractivity contribution in [3.05, 3.63) is 111 Å². The van der Waals surface area contributed by atoms with Crippen molar-refractivity contribution in [2.24, 2.45) is 5.92 Å². The Morgan fingerprint density at radius 2 is 1.55 bits per heavy atom. The lowest BCUT2D eigenvalue weighted by molar-refractivity contribution is -0.121. The van der Waals surface area contributed by atoms with Crippen LogP contribution in [0.25, 0.3) is 10.9 Å². The number of hydrogen-bond donors (Lipinski definition) is 2. The summed E-state index contributed by atoms with van der Waals surface area (Å²) in [4.78, 5) is 32.2. The topological polar surface area (TPSA) is 74.8 Å². The molecule has 1 unspecified atom stereocenters. The minimum absolute atomic E-state index is 0.00572. The summed E-state index contributed by atoms with van der Waals surface area (Å²) in [5, 5.41) is 3.73. The Bertz CT molecular complexity index is 1380. The Balaban J connectivity index is 1.15. The molecule has 1 heterocycles. The van der Waals surface area contributed by atoms with Crippen molar-refractivity contribution in [2.75, 3.05) is 6.54 Å². The number of fused-ring (bicyclic) bond motifs is 2. The van der Waals surface area contributed by atoms with Crippen LogP contribution in [0.2, 0.25) is 0 Å². The summed E-state index contributed by atoms with van der Waals surface area (Å²) in [5.41, 5.74) is 6.19. The molecule has 0 saturated heterocycles. The van der Waals surface area contributed by atoms with Crippen molar-refractivity contribution in [1.29, 1.82) is 0 Å². The first kappa shape index (κ1) is 19.9. The smallest absolute Gasteiger partial charge is 0.258 e. The van der Waals surface area contributed by atoms with Gasteiger partial charge in [-0.1, -0.05) is 60.7 Å². The van der Waals surface area contributed by atoms with E-state index in [1.54, 1.807) is 6.07 Å². The second-order valence-electron chi connectivity index (χ2n) is 9.12. The third-order valence-corrected chi connectivity index (χ3v) is 7.24. The number of carbonyl (C=O) groups excluding carboxylic acids is 1. The number of benzene rings is 3. The van der Waals surface area contributed by atoms with Crippen molar-refractivity contribution in [1.82, 2.24) is 15.3 Å². The van der Waals surface area contributed by atoms with Gasteiger partial charge in [-0.05, 0) is 46.7 Å². The monoisotopic (exact) mass is 435 g/mol. The minimum Gasteiger partial charge on any atom is -0.356 e. The number of para-hydroxylation sites is 1. The standard InChI is InChI=1S/C28H25N3O2/c32-26(14-13-25-30-24-12-6-5-11-22(24)28(33)31-25)29-16-17-15-23-18-7-1-3-9-20(18)27(17)21-10-4-2-8-19(21)23/h1-12,17,23,27H,13-16H2,(H,29,32)(H,30,31,33). The third-order valence-electron chi connectivity index (χ3n) is 7.24. The summed E-state index contributed by atoms with van der Waals surface area (Å²) >= 11 is 0. The number of aromatic amines is 1. The molecule has 1 amide bonds. The Labute approximate surface area is 191 Å². The molecule has 3 aliphatic rings. The van der Waals surface area contributed by atoms with E-state index in [2.05, 4.69) is 63.8 Å². The van der Waals surface area contributed by atoms with E-state index in [1.807, 2.05) is 18.2 Å². The Morgan fingerprint density at radius 3 is 2.27 bits per heavy atom. The summed E-state index contributed by atoms with van der Waals surface area (Å²) < 4.78 is 0. The molecule has 0 saturated carbocycles. The average molecular weight is 436 g/mol. The highest BCUT2D eigenvalue weighted by Crippen LogP contribution is 2.55. The summed E-state index contributed by atoms with van der Waals surface area (Å²) in [6.07, 6.45) is 1.77. The molecule has 0 spiro atoms. The third kappa shape index (κ3) is 3.44. The van der Waals surface area contributed by atoms with Crippen LogP contribution in [0.5, 0.6) is 0 Å². The molecule has 0 aliphatic heterocycles. The van der Waals surface area contributed by atoms with Crippen LogP contribution in [0.4, 0.5) is 0 Å². The van der Waals surface area contributed by atoms with E-state index in [-0.39, 0.29) is 11.5 Å². The molecular weight excluding hydrogens is 410 g/mol.